The van der Waals surface area contributed by atoms with Gasteiger partial charge in [-0.05, 0) is 30.0 Å². The third-order valence-electron chi connectivity index (χ3n) is 4.65. The summed E-state index contributed by atoms with van der Waals surface area (Å²) in [7, 11) is 0. The van der Waals surface area contributed by atoms with Crippen molar-refractivity contribution in [2.75, 3.05) is 26.3 Å². The Labute approximate surface area is 138 Å². The summed E-state index contributed by atoms with van der Waals surface area (Å²) in [4.78, 5) is 2.50. The molecule has 1 aromatic carbocycles. The van der Waals surface area contributed by atoms with Gasteiger partial charge in [-0.25, -0.2) is 4.39 Å². The van der Waals surface area contributed by atoms with E-state index in [0.29, 0.717) is 24.0 Å². The Morgan fingerprint density at radius 1 is 1.26 bits per heavy atom. The summed E-state index contributed by atoms with van der Waals surface area (Å²) in [5, 5.41) is 3.65. The number of nitrogens with one attached hydrogen (secondary N) is 1. The van der Waals surface area contributed by atoms with Crippen LogP contribution < -0.4 is 5.32 Å². The lowest BCUT2D eigenvalue weighted by atomic mass is 10.0. The maximum absolute atomic E-state index is 13.0. The lowest BCUT2D eigenvalue weighted by Gasteiger charge is -2.32. The first kappa shape index (κ1) is 16.6. The molecule has 2 fully saturated rings. The highest BCUT2D eigenvalue weighted by molar-refractivity contribution is 5.50. The fourth-order valence-corrected chi connectivity index (χ4v) is 3.38. The van der Waals surface area contributed by atoms with Crippen LogP contribution in [0.4, 0.5) is 4.39 Å². The van der Waals surface area contributed by atoms with Gasteiger partial charge >= 0.3 is 0 Å². The van der Waals surface area contributed by atoms with Crippen molar-refractivity contribution in [3.63, 3.8) is 0 Å². The zero-order valence-electron chi connectivity index (χ0n) is 14.0. The summed E-state index contributed by atoms with van der Waals surface area (Å²) in [5.74, 6) is 0.525. The Bertz CT molecular complexity index is 523. The normalized spacial score (nSPS) is 26.8. The molecular formula is C19H27FN2O. The number of nitrogens with zero attached hydrogens (tertiary/aromatic N) is 1. The monoisotopic (exact) mass is 318 g/mol. The van der Waals surface area contributed by atoms with Gasteiger partial charge in [0, 0.05) is 31.2 Å². The van der Waals surface area contributed by atoms with Crippen molar-refractivity contribution in [3.05, 3.63) is 41.7 Å². The maximum Gasteiger partial charge on any atom is 0.123 e. The second-order valence-electron chi connectivity index (χ2n) is 6.98. The lowest BCUT2D eigenvalue weighted by Crippen LogP contribution is -2.46. The molecule has 0 aromatic heterocycles. The van der Waals surface area contributed by atoms with E-state index in [1.165, 1.54) is 18.6 Å². The summed E-state index contributed by atoms with van der Waals surface area (Å²) in [6.45, 7) is 8.12. The summed E-state index contributed by atoms with van der Waals surface area (Å²) >= 11 is 0. The molecule has 3 unspecified atom stereocenters. The van der Waals surface area contributed by atoms with Crippen LogP contribution in [-0.2, 0) is 4.74 Å². The van der Waals surface area contributed by atoms with Gasteiger partial charge in [0.25, 0.3) is 0 Å². The Hall–Kier alpha value is -1.23. The predicted octanol–water partition coefficient (Wildman–Crippen LogP) is 2.93. The number of hydrogen-bond donors (Lipinski definition) is 1. The van der Waals surface area contributed by atoms with Gasteiger partial charge in [-0.3, -0.25) is 4.90 Å². The Morgan fingerprint density at radius 2 is 1.96 bits per heavy atom. The van der Waals surface area contributed by atoms with E-state index in [9.17, 15) is 4.39 Å². The zero-order valence-corrected chi connectivity index (χ0v) is 14.0. The molecule has 0 amide bonds. The number of rotatable bonds is 6. The van der Waals surface area contributed by atoms with Crippen molar-refractivity contribution in [2.24, 2.45) is 5.92 Å². The van der Waals surface area contributed by atoms with Gasteiger partial charge in [-0.1, -0.05) is 38.1 Å². The van der Waals surface area contributed by atoms with Crippen LogP contribution >= 0.6 is 0 Å². The Morgan fingerprint density at radius 3 is 2.61 bits per heavy atom. The van der Waals surface area contributed by atoms with E-state index < -0.39 is 0 Å². The van der Waals surface area contributed by atoms with Crippen LogP contribution in [0.25, 0.3) is 6.08 Å². The average molecular weight is 318 g/mol. The molecule has 3 atom stereocenters. The van der Waals surface area contributed by atoms with Crippen molar-refractivity contribution in [1.82, 2.24) is 10.2 Å². The summed E-state index contributed by atoms with van der Waals surface area (Å²) < 4.78 is 18.5. The topological polar surface area (TPSA) is 34.4 Å². The van der Waals surface area contributed by atoms with Crippen molar-refractivity contribution in [1.29, 1.82) is 0 Å². The molecular weight excluding hydrogens is 291 g/mol. The number of benzene rings is 1. The highest BCUT2D eigenvalue weighted by Gasteiger charge is 2.43. The maximum atomic E-state index is 13.0. The van der Waals surface area contributed by atoms with Crippen LogP contribution in [0.15, 0.2) is 30.3 Å². The van der Waals surface area contributed by atoms with E-state index in [1.807, 2.05) is 12.1 Å². The predicted molar refractivity (Wildman–Crippen MR) is 91.8 cm³/mol. The minimum atomic E-state index is -0.187. The van der Waals surface area contributed by atoms with E-state index in [-0.39, 0.29) is 5.82 Å². The fraction of sp³-hybridized carbons (Fsp3) is 0.579. The smallest absolute Gasteiger partial charge is 0.123 e. The van der Waals surface area contributed by atoms with Crippen LogP contribution in [0.2, 0.25) is 0 Å². The molecule has 2 aliphatic heterocycles. The lowest BCUT2D eigenvalue weighted by molar-refractivity contribution is 0.0251. The molecule has 126 valence electrons. The highest BCUT2D eigenvalue weighted by Crippen LogP contribution is 2.27. The summed E-state index contributed by atoms with van der Waals surface area (Å²) in [5.41, 5.74) is 1.05. The molecule has 0 bridgehead atoms. The van der Waals surface area contributed by atoms with Crippen LogP contribution in [0, 0.1) is 11.7 Å². The van der Waals surface area contributed by atoms with Gasteiger partial charge in [0.2, 0.25) is 0 Å². The molecule has 4 heteroatoms. The van der Waals surface area contributed by atoms with Crippen molar-refractivity contribution >= 4 is 6.08 Å². The standard InChI is InChI=1S/C19H27FN2O/c1-14(2)13-17-19(21-17)18(22-9-11-23-12-10-22)8-5-15-3-6-16(20)7-4-15/h3-8,14,17-19,21H,9-13H2,1-2H3/b8-5+. The largest absolute Gasteiger partial charge is 0.379 e. The fourth-order valence-electron chi connectivity index (χ4n) is 3.38. The minimum absolute atomic E-state index is 0.187. The van der Waals surface area contributed by atoms with Crippen molar-refractivity contribution in [2.45, 2.75) is 38.4 Å². The van der Waals surface area contributed by atoms with Gasteiger partial charge in [0.1, 0.15) is 5.82 Å². The van der Waals surface area contributed by atoms with E-state index in [4.69, 9.17) is 4.74 Å². The first-order chi connectivity index (χ1) is 11.1. The number of hydrogen-bond acceptors (Lipinski definition) is 3. The Balaban J connectivity index is 1.68. The molecule has 3 rings (SSSR count). The third-order valence-corrected chi connectivity index (χ3v) is 4.65. The van der Waals surface area contributed by atoms with Gasteiger partial charge in [0.15, 0.2) is 0 Å². The summed E-state index contributed by atoms with van der Waals surface area (Å²) in [6, 6.07) is 8.20. The SMILES string of the molecule is CC(C)CC1NC1C(/C=C/c1ccc(F)cc1)N1CCOCC1. The van der Waals surface area contributed by atoms with Gasteiger partial charge in [-0.15, -0.1) is 0 Å². The minimum Gasteiger partial charge on any atom is -0.379 e. The average Bonchev–Trinajstić information content (AvgIpc) is 3.28. The Kier molecular flexibility index (Phi) is 5.46. The number of halogens is 1. The van der Waals surface area contributed by atoms with Gasteiger partial charge in [-0.2, -0.15) is 0 Å². The zero-order chi connectivity index (χ0) is 16.2. The number of morpholine rings is 1. The highest BCUT2D eigenvalue weighted by atomic mass is 19.1. The molecule has 2 saturated heterocycles. The quantitative estimate of drug-likeness (QED) is 0.819. The molecule has 2 heterocycles. The second-order valence-corrected chi connectivity index (χ2v) is 6.98. The molecule has 0 spiro atoms. The molecule has 1 N–H and O–H groups in total. The molecule has 3 nitrogen and oxygen atoms in total. The second kappa shape index (κ2) is 7.56. The molecule has 1 aromatic rings. The molecule has 23 heavy (non-hydrogen) atoms. The molecule has 0 saturated carbocycles. The number of ether oxygens (including phenoxy) is 1. The molecule has 0 radical (unpaired) electrons. The van der Waals surface area contributed by atoms with Crippen LogP contribution in [0.1, 0.15) is 25.8 Å². The first-order valence-corrected chi connectivity index (χ1v) is 8.65. The van der Waals surface area contributed by atoms with Crippen LogP contribution in [0.5, 0.6) is 0 Å². The van der Waals surface area contributed by atoms with E-state index in [1.54, 1.807) is 0 Å². The van der Waals surface area contributed by atoms with Crippen molar-refractivity contribution in [3.8, 4) is 0 Å². The van der Waals surface area contributed by atoms with Gasteiger partial charge < -0.3 is 10.1 Å². The van der Waals surface area contributed by atoms with Crippen LogP contribution in [0.3, 0.4) is 0 Å². The van der Waals surface area contributed by atoms with E-state index in [0.717, 1.165) is 31.9 Å². The third kappa shape index (κ3) is 4.63. The first-order valence-electron chi connectivity index (χ1n) is 8.65. The van der Waals surface area contributed by atoms with E-state index in [2.05, 4.69) is 36.2 Å². The van der Waals surface area contributed by atoms with Crippen molar-refractivity contribution < 1.29 is 9.13 Å². The van der Waals surface area contributed by atoms with Gasteiger partial charge in [0.05, 0.1) is 13.2 Å². The van der Waals surface area contributed by atoms with Crippen LogP contribution in [-0.4, -0.2) is 49.3 Å². The van der Waals surface area contributed by atoms with E-state index >= 15 is 0 Å². The molecule has 0 aliphatic carbocycles. The molecule has 2 aliphatic rings. The summed E-state index contributed by atoms with van der Waals surface area (Å²) in [6.07, 6.45) is 5.61.